The third kappa shape index (κ3) is 6.33. The molecule has 2 N–H and O–H groups in total. The van der Waals surface area contributed by atoms with Gasteiger partial charge in [0.1, 0.15) is 5.82 Å². The summed E-state index contributed by atoms with van der Waals surface area (Å²) in [5.41, 5.74) is 2.25. The summed E-state index contributed by atoms with van der Waals surface area (Å²) in [6.45, 7) is 8.65. The molecule has 166 valence electrons. The third-order valence-corrected chi connectivity index (χ3v) is 5.65. The molecule has 7 nitrogen and oxygen atoms in total. The summed E-state index contributed by atoms with van der Waals surface area (Å²) >= 11 is 0. The van der Waals surface area contributed by atoms with Gasteiger partial charge in [0.2, 0.25) is 5.91 Å². The fraction of sp³-hybridized carbons (Fsp3) is 0.591. The van der Waals surface area contributed by atoms with E-state index >= 15 is 0 Å². The number of hydrogen-bond donors (Lipinski definition) is 2. The number of nitrogens with one attached hydrogen (secondary N) is 2. The quantitative estimate of drug-likeness (QED) is 0.252. The van der Waals surface area contributed by atoms with E-state index in [9.17, 15) is 4.79 Å². The average Bonchev–Trinajstić information content (AvgIpc) is 3.06. The Hall–Kier alpha value is -1.84. The summed E-state index contributed by atoms with van der Waals surface area (Å²) in [5, 5.41) is 6.16. The van der Waals surface area contributed by atoms with Gasteiger partial charge in [-0.1, -0.05) is 12.1 Å². The van der Waals surface area contributed by atoms with Gasteiger partial charge < -0.3 is 20.1 Å². The normalized spacial score (nSPS) is 15.2. The highest BCUT2D eigenvalue weighted by Crippen LogP contribution is 2.20. The number of fused-ring (bicyclic) bond motifs is 1. The molecule has 2 heterocycles. The van der Waals surface area contributed by atoms with Gasteiger partial charge in [-0.2, -0.15) is 0 Å². The zero-order valence-corrected chi connectivity index (χ0v) is 20.7. The minimum Gasteiger partial charge on any atom is -0.359 e. The maximum atomic E-state index is 11.6. The van der Waals surface area contributed by atoms with E-state index in [2.05, 4.69) is 57.1 Å². The number of rotatable bonds is 7. The molecule has 8 heteroatoms. The molecule has 1 aromatic carbocycles. The van der Waals surface area contributed by atoms with Crippen LogP contribution in [-0.2, 0) is 11.3 Å². The smallest absolute Gasteiger partial charge is 0.220 e. The molecule has 3 rings (SSSR count). The van der Waals surface area contributed by atoms with E-state index in [1.54, 1.807) is 7.05 Å². The Morgan fingerprint density at radius 2 is 2.00 bits per heavy atom. The molecule has 1 saturated heterocycles. The number of amides is 1. The van der Waals surface area contributed by atoms with Gasteiger partial charge >= 0.3 is 0 Å². The number of nitrogens with zero attached hydrogens (tertiary/aromatic N) is 4. The molecule has 1 amide bonds. The van der Waals surface area contributed by atoms with Crippen molar-refractivity contribution in [2.75, 3.05) is 33.2 Å². The molecule has 1 aliphatic heterocycles. The van der Waals surface area contributed by atoms with E-state index in [1.165, 1.54) is 5.52 Å². The largest absolute Gasteiger partial charge is 0.359 e. The van der Waals surface area contributed by atoms with Gasteiger partial charge in [-0.05, 0) is 51.2 Å². The SMILES string of the molecule is CCNC(=NCCCn1c(C)nc2ccccc21)N1CCC(CC(=O)NC)CC1.I. The molecule has 0 unspecified atom stereocenters. The van der Waals surface area contributed by atoms with Crippen molar-refractivity contribution in [3.63, 3.8) is 0 Å². The van der Waals surface area contributed by atoms with Gasteiger partial charge in [0.15, 0.2) is 5.96 Å². The van der Waals surface area contributed by atoms with Crippen LogP contribution in [0.3, 0.4) is 0 Å². The van der Waals surface area contributed by atoms with Crippen molar-refractivity contribution < 1.29 is 4.79 Å². The number of carbonyl (C=O) groups is 1. The number of aliphatic imine (C=N–C) groups is 1. The van der Waals surface area contributed by atoms with Crippen LogP contribution in [0.4, 0.5) is 0 Å². The number of halogens is 1. The Kier molecular flexibility index (Phi) is 9.87. The molecule has 0 radical (unpaired) electrons. The van der Waals surface area contributed by atoms with Crippen LogP contribution in [-0.4, -0.2) is 59.5 Å². The third-order valence-electron chi connectivity index (χ3n) is 5.65. The second-order valence-corrected chi connectivity index (χ2v) is 7.70. The number of hydrogen-bond acceptors (Lipinski definition) is 3. The van der Waals surface area contributed by atoms with E-state index in [0.29, 0.717) is 12.3 Å². The van der Waals surface area contributed by atoms with E-state index < -0.39 is 0 Å². The molecular formula is C22H35IN6O. The first-order chi connectivity index (χ1) is 14.1. The Bertz CT molecular complexity index is 841. The van der Waals surface area contributed by atoms with Crippen LogP contribution in [0, 0.1) is 12.8 Å². The molecule has 1 aliphatic rings. The monoisotopic (exact) mass is 526 g/mol. The van der Waals surface area contributed by atoms with Crippen molar-refractivity contribution in [2.45, 2.75) is 46.1 Å². The standard InChI is InChI=1S/C22H34N6O.HI/c1-4-24-22(27-14-10-18(11-15-27)16-21(29)23-3)25-12-7-13-28-17(2)26-19-8-5-6-9-20(19)28;/h5-6,8-9,18H,4,7,10-16H2,1-3H3,(H,23,29)(H,24,25);1H. The number of aromatic nitrogens is 2. The number of benzene rings is 1. The average molecular weight is 526 g/mol. The van der Waals surface area contributed by atoms with Crippen LogP contribution in [0.2, 0.25) is 0 Å². The molecule has 0 aliphatic carbocycles. The van der Waals surface area contributed by atoms with Crippen LogP contribution in [0.15, 0.2) is 29.3 Å². The molecule has 1 fully saturated rings. The predicted molar refractivity (Wildman–Crippen MR) is 133 cm³/mol. The second-order valence-electron chi connectivity index (χ2n) is 7.70. The zero-order chi connectivity index (χ0) is 20.6. The zero-order valence-electron chi connectivity index (χ0n) is 18.4. The number of aryl methyl sites for hydroxylation is 2. The van der Waals surface area contributed by atoms with E-state index in [0.717, 1.165) is 69.3 Å². The molecule has 0 bridgehead atoms. The Morgan fingerprint density at radius 3 is 2.70 bits per heavy atom. The van der Waals surface area contributed by atoms with Gasteiger partial charge in [0, 0.05) is 46.2 Å². The minimum absolute atomic E-state index is 0. The Labute approximate surface area is 196 Å². The number of guanidine groups is 1. The number of piperidine rings is 1. The molecule has 0 atom stereocenters. The summed E-state index contributed by atoms with van der Waals surface area (Å²) in [5.74, 6) is 2.68. The molecular weight excluding hydrogens is 491 g/mol. The van der Waals surface area contributed by atoms with Crippen LogP contribution >= 0.6 is 24.0 Å². The number of imidazole rings is 1. The lowest BCUT2D eigenvalue weighted by atomic mass is 9.93. The van der Waals surface area contributed by atoms with Gasteiger partial charge in [-0.25, -0.2) is 4.98 Å². The summed E-state index contributed by atoms with van der Waals surface area (Å²) in [6, 6.07) is 8.29. The minimum atomic E-state index is 0. The predicted octanol–water partition coefficient (Wildman–Crippen LogP) is 3.17. The highest BCUT2D eigenvalue weighted by Gasteiger charge is 2.23. The van der Waals surface area contributed by atoms with Gasteiger partial charge in [0.25, 0.3) is 0 Å². The topological polar surface area (TPSA) is 74.5 Å². The first-order valence-corrected chi connectivity index (χ1v) is 10.8. The molecule has 0 saturated carbocycles. The van der Waals surface area contributed by atoms with Crippen molar-refractivity contribution in [3.05, 3.63) is 30.1 Å². The highest BCUT2D eigenvalue weighted by molar-refractivity contribution is 14.0. The molecule has 1 aromatic heterocycles. The first kappa shape index (κ1) is 24.4. The highest BCUT2D eigenvalue weighted by atomic mass is 127. The maximum Gasteiger partial charge on any atom is 0.220 e. The summed E-state index contributed by atoms with van der Waals surface area (Å²) in [4.78, 5) is 23.5. The molecule has 2 aromatic rings. The number of likely N-dealkylation sites (tertiary alicyclic amines) is 1. The van der Waals surface area contributed by atoms with E-state index in [-0.39, 0.29) is 29.9 Å². The van der Waals surface area contributed by atoms with E-state index in [1.807, 2.05) is 6.07 Å². The van der Waals surface area contributed by atoms with Gasteiger partial charge in [0.05, 0.1) is 11.0 Å². The van der Waals surface area contributed by atoms with Crippen molar-refractivity contribution in [1.82, 2.24) is 25.1 Å². The number of carbonyl (C=O) groups excluding carboxylic acids is 1. The van der Waals surface area contributed by atoms with Crippen molar-refractivity contribution in [2.24, 2.45) is 10.9 Å². The number of para-hydroxylation sites is 2. The van der Waals surface area contributed by atoms with Crippen LogP contribution in [0.5, 0.6) is 0 Å². The van der Waals surface area contributed by atoms with Crippen molar-refractivity contribution in [3.8, 4) is 0 Å². The first-order valence-electron chi connectivity index (χ1n) is 10.8. The fourth-order valence-electron chi connectivity index (χ4n) is 4.03. The molecule has 0 spiro atoms. The summed E-state index contributed by atoms with van der Waals surface area (Å²) in [7, 11) is 1.71. The van der Waals surface area contributed by atoms with Crippen molar-refractivity contribution in [1.29, 1.82) is 0 Å². The Balaban J connectivity index is 0.00000320. The maximum absolute atomic E-state index is 11.6. The van der Waals surface area contributed by atoms with E-state index in [4.69, 9.17) is 4.99 Å². The van der Waals surface area contributed by atoms with Crippen LogP contribution < -0.4 is 10.6 Å². The lowest BCUT2D eigenvalue weighted by Gasteiger charge is -2.34. The lowest BCUT2D eigenvalue weighted by molar-refractivity contribution is -0.121. The van der Waals surface area contributed by atoms with Crippen LogP contribution in [0.25, 0.3) is 11.0 Å². The fourth-order valence-corrected chi connectivity index (χ4v) is 4.03. The Morgan fingerprint density at radius 1 is 1.27 bits per heavy atom. The second kappa shape index (κ2) is 12.1. The van der Waals surface area contributed by atoms with Gasteiger partial charge in [-0.3, -0.25) is 9.79 Å². The van der Waals surface area contributed by atoms with Crippen LogP contribution in [0.1, 0.15) is 38.4 Å². The lowest BCUT2D eigenvalue weighted by Crippen LogP contribution is -2.46. The summed E-state index contributed by atoms with van der Waals surface area (Å²) in [6.07, 6.45) is 3.69. The van der Waals surface area contributed by atoms with Crippen molar-refractivity contribution >= 4 is 46.9 Å². The van der Waals surface area contributed by atoms with Gasteiger partial charge in [-0.15, -0.1) is 24.0 Å². The summed E-state index contributed by atoms with van der Waals surface area (Å²) < 4.78 is 2.28. The molecule has 30 heavy (non-hydrogen) atoms.